The van der Waals surface area contributed by atoms with E-state index in [1.165, 1.54) is 7.11 Å². The van der Waals surface area contributed by atoms with Gasteiger partial charge in [0, 0.05) is 12.0 Å². The highest BCUT2D eigenvalue weighted by Crippen LogP contribution is 2.35. The van der Waals surface area contributed by atoms with E-state index < -0.39 is 11.0 Å². The van der Waals surface area contributed by atoms with Gasteiger partial charge in [-0.05, 0) is 13.3 Å². The van der Waals surface area contributed by atoms with Crippen LogP contribution in [0.5, 0.6) is 0 Å². The molecule has 1 aliphatic rings. The Labute approximate surface area is 90.6 Å². The lowest BCUT2D eigenvalue weighted by Gasteiger charge is -2.50. The minimum absolute atomic E-state index is 0.00153. The van der Waals surface area contributed by atoms with E-state index in [0.29, 0.717) is 13.0 Å². The summed E-state index contributed by atoms with van der Waals surface area (Å²) in [5.41, 5.74) is -1.20. The molecular formula is C11H19NO3. The maximum Gasteiger partial charge on any atom is 0.331 e. The largest absolute Gasteiger partial charge is 0.467 e. The molecule has 1 amide bonds. The summed E-state index contributed by atoms with van der Waals surface area (Å²) in [6.07, 6.45) is 0.682. The minimum atomic E-state index is -0.751. The molecule has 1 unspecified atom stereocenters. The summed E-state index contributed by atoms with van der Waals surface area (Å²) < 4.78 is 4.72. The molecule has 0 aromatic rings. The average Bonchev–Trinajstić information content (AvgIpc) is 2.12. The van der Waals surface area contributed by atoms with Gasteiger partial charge in [0.15, 0.2) is 0 Å². The van der Waals surface area contributed by atoms with E-state index in [9.17, 15) is 9.59 Å². The second-order valence-corrected chi connectivity index (χ2v) is 5.22. The summed E-state index contributed by atoms with van der Waals surface area (Å²) in [5, 5.41) is 0. The molecule has 1 heterocycles. The van der Waals surface area contributed by atoms with Crippen molar-refractivity contribution in [3.05, 3.63) is 0 Å². The van der Waals surface area contributed by atoms with Gasteiger partial charge in [0.2, 0.25) is 5.91 Å². The van der Waals surface area contributed by atoms with Crippen LogP contribution in [0.2, 0.25) is 0 Å². The fraction of sp³-hybridized carbons (Fsp3) is 0.818. The van der Waals surface area contributed by atoms with Crippen molar-refractivity contribution in [2.45, 2.75) is 39.7 Å². The van der Waals surface area contributed by atoms with Gasteiger partial charge in [-0.3, -0.25) is 4.79 Å². The molecule has 0 aromatic heterocycles. The molecule has 15 heavy (non-hydrogen) atoms. The van der Waals surface area contributed by atoms with Crippen LogP contribution in [0.4, 0.5) is 0 Å². The molecule has 0 radical (unpaired) electrons. The number of rotatable bonds is 1. The Bertz CT molecular complexity index is 293. The standard InChI is InChI=1S/C11H19NO3/c1-10(2,3)8(13)12-7-6-11(12,4)9(14)15-5/h6-7H2,1-5H3. The van der Waals surface area contributed by atoms with Crippen LogP contribution in [0.25, 0.3) is 0 Å². The summed E-state index contributed by atoms with van der Waals surface area (Å²) in [6.45, 7) is 7.95. The van der Waals surface area contributed by atoms with Crippen LogP contribution in [-0.4, -0.2) is 36.0 Å². The Morgan fingerprint density at radius 2 is 1.87 bits per heavy atom. The number of hydrogen-bond acceptors (Lipinski definition) is 3. The van der Waals surface area contributed by atoms with Gasteiger partial charge in [-0.25, -0.2) is 4.79 Å². The van der Waals surface area contributed by atoms with Gasteiger partial charge in [-0.15, -0.1) is 0 Å². The smallest absolute Gasteiger partial charge is 0.331 e. The van der Waals surface area contributed by atoms with Crippen LogP contribution in [0.1, 0.15) is 34.1 Å². The number of hydrogen-bond donors (Lipinski definition) is 0. The fourth-order valence-corrected chi connectivity index (χ4v) is 1.72. The molecular weight excluding hydrogens is 194 g/mol. The zero-order valence-corrected chi connectivity index (χ0v) is 10.1. The fourth-order valence-electron chi connectivity index (χ4n) is 1.72. The Morgan fingerprint density at radius 3 is 2.13 bits per heavy atom. The SMILES string of the molecule is COC(=O)C1(C)CCN1C(=O)C(C)(C)C. The van der Waals surface area contributed by atoms with Gasteiger partial charge in [0.25, 0.3) is 0 Å². The molecule has 86 valence electrons. The molecule has 0 N–H and O–H groups in total. The number of nitrogens with zero attached hydrogens (tertiary/aromatic N) is 1. The maximum absolute atomic E-state index is 12.0. The topological polar surface area (TPSA) is 46.6 Å². The quantitative estimate of drug-likeness (QED) is 0.615. The van der Waals surface area contributed by atoms with E-state index in [0.717, 1.165) is 0 Å². The van der Waals surface area contributed by atoms with Gasteiger partial charge >= 0.3 is 5.97 Å². The number of ether oxygens (including phenoxy) is 1. The van der Waals surface area contributed by atoms with E-state index in [1.807, 2.05) is 20.8 Å². The van der Waals surface area contributed by atoms with Crippen molar-refractivity contribution in [2.24, 2.45) is 5.41 Å². The molecule has 1 atom stereocenters. The van der Waals surface area contributed by atoms with Crippen molar-refractivity contribution in [1.29, 1.82) is 0 Å². The van der Waals surface area contributed by atoms with Crippen LogP contribution in [0.3, 0.4) is 0 Å². The molecule has 4 nitrogen and oxygen atoms in total. The molecule has 0 aliphatic carbocycles. The molecule has 1 fully saturated rings. The van der Waals surface area contributed by atoms with Crippen LogP contribution < -0.4 is 0 Å². The monoisotopic (exact) mass is 213 g/mol. The third kappa shape index (κ3) is 1.85. The molecule has 1 rings (SSSR count). The second kappa shape index (κ2) is 3.51. The number of amides is 1. The second-order valence-electron chi connectivity index (χ2n) is 5.22. The van der Waals surface area contributed by atoms with Gasteiger partial charge in [-0.1, -0.05) is 20.8 Å². The lowest BCUT2D eigenvalue weighted by Crippen LogP contribution is -2.66. The zero-order valence-electron chi connectivity index (χ0n) is 10.1. The van der Waals surface area contributed by atoms with Crippen molar-refractivity contribution in [3.63, 3.8) is 0 Å². The van der Waals surface area contributed by atoms with E-state index in [2.05, 4.69) is 0 Å². The van der Waals surface area contributed by atoms with Gasteiger partial charge in [-0.2, -0.15) is 0 Å². The number of carbonyl (C=O) groups excluding carboxylic acids is 2. The highest BCUT2D eigenvalue weighted by atomic mass is 16.5. The molecule has 0 spiro atoms. The summed E-state index contributed by atoms with van der Waals surface area (Å²) in [5.74, 6) is -0.326. The first-order chi connectivity index (χ1) is 6.73. The van der Waals surface area contributed by atoms with Crippen LogP contribution in [0, 0.1) is 5.41 Å². The molecule has 1 aliphatic heterocycles. The highest BCUT2D eigenvalue weighted by Gasteiger charge is 2.52. The third-order valence-electron chi connectivity index (χ3n) is 2.93. The van der Waals surface area contributed by atoms with Gasteiger partial charge < -0.3 is 9.64 Å². The number of esters is 1. The van der Waals surface area contributed by atoms with Crippen molar-refractivity contribution in [1.82, 2.24) is 4.90 Å². The van der Waals surface area contributed by atoms with Crippen molar-refractivity contribution >= 4 is 11.9 Å². The summed E-state index contributed by atoms with van der Waals surface area (Å²) >= 11 is 0. The zero-order chi connectivity index (χ0) is 11.9. The van der Waals surface area contributed by atoms with Crippen LogP contribution in [-0.2, 0) is 14.3 Å². The first kappa shape index (κ1) is 12.0. The van der Waals surface area contributed by atoms with Gasteiger partial charge in [0.05, 0.1) is 7.11 Å². The van der Waals surface area contributed by atoms with E-state index in [4.69, 9.17) is 4.74 Å². The Balaban J connectivity index is 2.83. The van der Waals surface area contributed by atoms with E-state index in [-0.39, 0.29) is 11.9 Å². The molecule has 1 saturated heterocycles. The normalized spacial score (nSPS) is 25.8. The lowest BCUT2D eigenvalue weighted by atomic mass is 9.82. The van der Waals surface area contributed by atoms with E-state index >= 15 is 0 Å². The molecule has 0 saturated carbocycles. The van der Waals surface area contributed by atoms with Crippen molar-refractivity contribution < 1.29 is 14.3 Å². The molecule has 0 bridgehead atoms. The number of carbonyl (C=O) groups is 2. The predicted molar refractivity (Wildman–Crippen MR) is 56.2 cm³/mol. The van der Waals surface area contributed by atoms with E-state index in [1.54, 1.807) is 11.8 Å². The summed E-state index contributed by atoms with van der Waals surface area (Å²) in [4.78, 5) is 25.2. The predicted octanol–water partition coefficient (Wildman–Crippen LogP) is 1.20. The molecule has 4 heteroatoms. The first-order valence-electron chi connectivity index (χ1n) is 5.14. The Hall–Kier alpha value is -1.06. The number of methoxy groups -OCH3 is 1. The Morgan fingerprint density at radius 1 is 1.33 bits per heavy atom. The van der Waals surface area contributed by atoms with Crippen molar-refractivity contribution in [2.75, 3.05) is 13.7 Å². The first-order valence-corrected chi connectivity index (χ1v) is 5.14. The number of likely N-dealkylation sites (tertiary alicyclic amines) is 1. The summed E-state index contributed by atoms with van der Waals surface area (Å²) in [6, 6.07) is 0. The Kier molecular flexibility index (Phi) is 2.81. The van der Waals surface area contributed by atoms with Gasteiger partial charge in [0.1, 0.15) is 5.54 Å². The molecule has 0 aromatic carbocycles. The lowest BCUT2D eigenvalue weighted by molar-refractivity contribution is -0.175. The van der Waals surface area contributed by atoms with Crippen LogP contribution in [0.15, 0.2) is 0 Å². The third-order valence-corrected chi connectivity index (χ3v) is 2.93. The summed E-state index contributed by atoms with van der Waals surface area (Å²) in [7, 11) is 1.35. The maximum atomic E-state index is 12.0. The minimum Gasteiger partial charge on any atom is -0.467 e. The van der Waals surface area contributed by atoms with Crippen molar-refractivity contribution in [3.8, 4) is 0 Å². The average molecular weight is 213 g/mol. The highest BCUT2D eigenvalue weighted by molar-refractivity contribution is 5.91. The van der Waals surface area contributed by atoms with Crippen LogP contribution >= 0.6 is 0 Å².